The fraction of sp³-hybridized carbons (Fsp3) is 0.364. The molecule has 0 fully saturated rings. The van der Waals surface area contributed by atoms with Crippen LogP contribution in [-0.4, -0.2) is 20.3 Å². The first-order valence-corrected chi connectivity index (χ1v) is 4.98. The molecule has 0 aliphatic rings. The highest BCUT2D eigenvalue weighted by atomic mass is 16.7. The smallest absolute Gasteiger partial charge is 0.438 e. The van der Waals surface area contributed by atoms with E-state index < -0.39 is 6.09 Å². The lowest BCUT2D eigenvalue weighted by Crippen LogP contribution is -2.31. The summed E-state index contributed by atoms with van der Waals surface area (Å²) in [5, 5.41) is 1.06. The number of methoxy groups -OCH3 is 1. The highest BCUT2D eigenvalue weighted by Gasteiger charge is 2.21. The van der Waals surface area contributed by atoms with Gasteiger partial charge in [-0.3, -0.25) is 9.68 Å². The number of anilines is 1. The Morgan fingerprint density at radius 1 is 1.41 bits per heavy atom. The highest BCUT2D eigenvalue weighted by molar-refractivity contribution is 5.87. The van der Waals surface area contributed by atoms with E-state index in [2.05, 4.69) is 9.57 Å². The number of carbonyl (C=O) groups is 1. The molecular formula is C11H16N2O4. The third kappa shape index (κ3) is 2.94. The Kier molecular flexibility index (Phi) is 4.89. The van der Waals surface area contributed by atoms with Crippen molar-refractivity contribution in [1.82, 2.24) is 0 Å². The number of nitrogens with two attached hydrogens (primary N) is 1. The van der Waals surface area contributed by atoms with Crippen LogP contribution in [0.15, 0.2) is 18.2 Å². The summed E-state index contributed by atoms with van der Waals surface area (Å²) in [6.45, 7) is 2.03. The number of aryl methyl sites for hydroxylation is 1. The Morgan fingerprint density at radius 3 is 2.65 bits per heavy atom. The predicted octanol–water partition coefficient (Wildman–Crippen LogP) is 1.52. The summed E-state index contributed by atoms with van der Waals surface area (Å²) in [5.41, 5.74) is 2.17. The number of rotatable bonds is 4. The number of amides is 1. The summed E-state index contributed by atoms with van der Waals surface area (Å²) < 4.78 is 4.64. The maximum atomic E-state index is 11.6. The van der Waals surface area contributed by atoms with Gasteiger partial charge in [0.2, 0.25) is 0 Å². The van der Waals surface area contributed by atoms with Gasteiger partial charge in [0, 0.05) is 5.56 Å². The SMILES string of the molecule is COC(=O)N(OC)c1c(C)cccc1CON. The molecule has 0 saturated heterocycles. The van der Waals surface area contributed by atoms with Gasteiger partial charge in [-0.2, -0.15) is 5.06 Å². The lowest BCUT2D eigenvalue weighted by atomic mass is 10.1. The zero-order valence-electron chi connectivity index (χ0n) is 10.1. The van der Waals surface area contributed by atoms with Crippen LogP contribution in [0.2, 0.25) is 0 Å². The lowest BCUT2D eigenvalue weighted by molar-refractivity contribution is 0.109. The van der Waals surface area contributed by atoms with Crippen LogP contribution < -0.4 is 11.0 Å². The maximum Gasteiger partial charge on any atom is 0.438 e. The number of para-hydroxylation sites is 1. The molecule has 1 rings (SSSR count). The number of nitrogens with zero attached hydrogens (tertiary/aromatic N) is 1. The van der Waals surface area contributed by atoms with Gasteiger partial charge in [0.05, 0.1) is 26.5 Å². The van der Waals surface area contributed by atoms with Gasteiger partial charge >= 0.3 is 6.09 Å². The summed E-state index contributed by atoms with van der Waals surface area (Å²) in [6.07, 6.45) is -0.611. The fourth-order valence-electron chi connectivity index (χ4n) is 1.56. The van der Waals surface area contributed by atoms with Gasteiger partial charge < -0.3 is 4.74 Å². The Balaban J connectivity index is 3.20. The van der Waals surface area contributed by atoms with Crippen LogP contribution in [0.1, 0.15) is 11.1 Å². The molecule has 6 heteroatoms. The van der Waals surface area contributed by atoms with E-state index in [0.717, 1.165) is 16.2 Å². The van der Waals surface area contributed by atoms with Gasteiger partial charge in [-0.15, -0.1) is 0 Å². The molecule has 0 saturated carbocycles. The Hall–Kier alpha value is -1.63. The normalized spacial score (nSPS) is 10.1. The topological polar surface area (TPSA) is 74.0 Å². The van der Waals surface area contributed by atoms with E-state index in [1.54, 1.807) is 6.07 Å². The average Bonchev–Trinajstić information content (AvgIpc) is 2.33. The van der Waals surface area contributed by atoms with Crippen LogP contribution in [-0.2, 0) is 21.0 Å². The monoisotopic (exact) mass is 240 g/mol. The summed E-state index contributed by atoms with van der Waals surface area (Å²) >= 11 is 0. The molecule has 0 aromatic heterocycles. The summed E-state index contributed by atoms with van der Waals surface area (Å²) in [5.74, 6) is 5.05. The van der Waals surface area contributed by atoms with E-state index in [1.807, 2.05) is 19.1 Å². The van der Waals surface area contributed by atoms with Crippen molar-refractivity contribution in [2.45, 2.75) is 13.5 Å². The minimum absolute atomic E-state index is 0.174. The van der Waals surface area contributed by atoms with Gasteiger partial charge in [0.25, 0.3) is 0 Å². The van der Waals surface area contributed by atoms with E-state index >= 15 is 0 Å². The van der Waals surface area contributed by atoms with E-state index in [0.29, 0.717) is 5.69 Å². The number of hydroxylamine groups is 1. The molecule has 0 aliphatic heterocycles. The first kappa shape index (κ1) is 13.4. The standard InChI is InChI=1S/C11H16N2O4/c1-8-5-4-6-9(7-17-12)10(8)13(16-3)11(14)15-2/h4-6H,7,12H2,1-3H3. The molecule has 17 heavy (non-hydrogen) atoms. The molecule has 6 nitrogen and oxygen atoms in total. The summed E-state index contributed by atoms with van der Waals surface area (Å²) in [7, 11) is 2.67. The van der Waals surface area contributed by atoms with E-state index in [4.69, 9.17) is 10.7 Å². The van der Waals surface area contributed by atoms with Crippen molar-refractivity contribution in [3.05, 3.63) is 29.3 Å². The zero-order chi connectivity index (χ0) is 12.8. The van der Waals surface area contributed by atoms with Gasteiger partial charge in [-0.1, -0.05) is 18.2 Å². The van der Waals surface area contributed by atoms with Crippen molar-refractivity contribution < 1.29 is 19.2 Å². The van der Waals surface area contributed by atoms with Crippen molar-refractivity contribution in [3.63, 3.8) is 0 Å². The van der Waals surface area contributed by atoms with Crippen molar-refractivity contribution in [2.24, 2.45) is 5.90 Å². The quantitative estimate of drug-likeness (QED) is 0.808. The predicted molar refractivity (Wildman–Crippen MR) is 62.0 cm³/mol. The van der Waals surface area contributed by atoms with Crippen LogP contribution >= 0.6 is 0 Å². The Labute approximate surface area is 99.8 Å². The lowest BCUT2D eigenvalue weighted by Gasteiger charge is -2.22. The van der Waals surface area contributed by atoms with Gasteiger partial charge in [0.15, 0.2) is 0 Å². The van der Waals surface area contributed by atoms with Crippen LogP contribution in [0.5, 0.6) is 0 Å². The summed E-state index contributed by atoms with van der Waals surface area (Å²) in [6, 6.07) is 5.49. The molecule has 0 bridgehead atoms. The first-order valence-electron chi connectivity index (χ1n) is 4.98. The molecule has 1 aromatic rings. The van der Waals surface area contributed by atoms with E-state index in [1.165, 1.54) is 14.2 Å². The molecule has 0 unspecified atom stereocenters. The van der Waals surface area contributed by atoms with Crippen molar-refractivity contribution in [3.8, 4) is 0 Å². The first-order chi connectivity index (χ1) is 8.15. The molecular weight excluding hydrogens is 224 g/mol. The number of carbonyl (C=O) groups excluding carboxylic acids is 1. The number of benzene rings is 1. The number of hydrogen-bond donors (Lipinski definition) is 1. The molecule has 0 radical (unpaired) electrons. The maximum absolute atomic E-state index is 11.6. The van der Waals surface area contributed by atoms with Crippen molar-refractivity contribution >= 4 is 11.8 Å². The molecule has 0 aliphatic carbocycles. The number of ether oxygens (including phenoxy) is 1. The third-order valence-corrected chi connectivity index (χ3v) is 2.29. The molecule has 0 atom stereocenters. The Morgan fingerprint density at radius 2 is 2.12 bits per heavy atom. The largest absolute Gasteiger partial charge is 0.451 e. The minimum atomic E-state index is -0.611. The second-order valence-electron chi connectivity index (χ2n) is 3.34. The molecule has 94 valence electrons. The van der Waals surface area contributed by atoms with Crippen molar-refractivity contribution in [2.75, 3.05) is 19.3 Å². The van der Waals surface area contributed by atoms with Crippen molar-refractivity contribution in [1.29, 1.82) is 0 Å². The molecule has 1 aromatic carbocycles. The second-order valence-corrected chi connectivity index (χ2v) is 3.34. The molecule has 1 amide bonds. The third-order valence-electron chi connectivity index (χ3n) is 2.29. The highest BCUT2D eigenvalue weighted by Crippen LogP contribution is 2.26. The van der Waals surface area contributed by atoms with Gasteiger partial charge in [-0.25, -0.2) is 10.7 Å². The Bertz CT molecular complexity index is 395. The number of hydrogen-bond acceptors (Lipinski definition) is 5. The van der Waals surface area contributed by atoms with Crippen LogP contribution in [0.3, 0.4) is 0 Å². The summed E-state index contributed by atoms with van der Waals surface area (Å²) in [4.78, 5) is 21.2. The fourth-order valence-corrected chi connectivity index (χ4v) is 1.56. The minimum Gasteiger partial charge on any atom is -0.451 e. The van der Waals surface area contributed by atoms with Gasteiger partial charge in [-0.05, 0) is 12.5 Å². The molecule has 0 spiro atoms. The molecule has 0 heterocycles. The van der Waals surface area contributed by atoms with E-state index in [-0.39, 0.29) is 6.61 Å². The van der Waals surface area contributed by atoms with Crippen LogP contribution in [0, 0.1) is 6.92 Å². The molecule has 2 N–H and O–H groups in total. The second kappa shape index (κ2) is 6.19. The van der Waals surface area contributed by atoms with Crippen LogP contribution in [0.4, 0.5) is 10.5 Å². The van der Waals surface area contributed by atoms with Crippen LogP contribution in [0.25, 0.3) is 0 Å². The van der Waals surface area contributed by atoms with Gasteiger partial charge in [0.1, 0.15) is 0 Å². The zero-order valence-corrected chi connectivity index (χ0v) is 10.1. The average molecular weight is 240 g/mol. The van der Waals surface area contributed by atoms with E-state index in [9.17, 15) is 4.79 Å².